The molecule has 0 radical (unpaired) electrons. The molecule has 3 N–H and O–H groups in total. The highest BCUT2D eigenvalue weighted by Crippen LogP contribution is 2.22. The van der Waals surface area contributed by atoms with Crippen LogP contribution in [0.4, 0.5) is 11.5 Å². The second-order valence-electron chi connectivity index (χ2n) is 4.54. The molecule has 0 saturated heterocycles. The van der Waals surface area contributed by atoms with Gasteiger partial charge in [0.25, 0.3) is 0 Å². The fourth-order valence-corrected chi connectivity index (χ4v) is 2.00. The van der Waals surface area contributed by atoms with Crippen LogP contribution in [0.1, 0.15) is 10.4 Å². The number of hydrogen-bond acceptors (Lipinski definition) is 3. The van der Waals surface area contributed by atoms with Crippen LogP contribution in [0.5, 0.6) is 0 Å². The SMILES string of the molecule is O=C(O)c1ccc(-c2cc(Nc3ccccc3)n[nH]2)cc1. The van der Waals surface area contributed by atoms with Crippen LogP contribution in [0, 0.1) is 0 Å². The van der Waals surface area contributed by atoms with Gasteiger partial charge in [0.05, 0.1) is 11.3 Å². The van der Waals surface area contributed by atoms with Crippen LogP contribution in [0.25, 0.3) is 11.3 Å². The van der Waals surface area contributed by atoms with Gasteiger partial charge in [0.15, 0.2) is 5.82 Å². The molecular weight excluding hydrogens is 266 g/mol. The second kappa shape index (κ2) is 5.50. The Labute approximate surface area is 121 Å². The number of H-pyrrole nitrogens is 1. The van der Waals surface area contributed by atoms with Crippen molar-refractivity contribution in [3.05, 3.63) is 66.2 Å². The van der Waals surface area contributed by atoms with Crippen molar-refractivity contribution in [3.8, 4) is 11.3 Å². The summed E-state index contributed by atoms with van der Waals surface area (Å²) in [5, 5.41) is 19.2. The predicted molar refractivity (Wildman–Crippen MR) is 80.7 cm³/mol. The number of carboxylic acids is 1. The number of aromatic nitrogens is 2. The maximum atomic E-state index is 10.8. The summed E-state index contributed by atoms with van der Waals surface area (Å²) < 4.78 is 0. The van der Waals surface area contributed by atoms with E-state index in [-0.39, 0.29) is 5.56 Å². The summed E-state index contributed by atoms with van der Waals surface area (Å²) in [5.41, 5.74) is 2.93. The van der Waals surface area contributed by atoms with Gasteiger partial charge in [-0.3, -0.25) is 5.10 Å². The van der Waals surface area contributed by atoms with Crippen molar-refractivity contribution in [3.63, 3.8) is 0 Å². The van der Waals surface area contributed by atoms with Gasteiger partial charge in [-0.1, -0.05) is 30.3 Å². The third-order valence-electron chi connectivity index (χ3n) is 3.07. The number of anilines is 2. The molecular formula is C16H13N3O2. The summed E-state index contributed by atoms with van der Waals surface area (Å²) in [6.07, 6.45) is 0. The molecule has 0 fully saturated rings. The van der Waals surface area contributed by atoms with Crippen LogP contribution < -0.4 is 5.32 Å². The van der Waals surface area contributed by atoms with Gasteiger partial charge in [0.1, 0.15) is 0 Å². The molecule has 0 amide bonds. The first-order valence-corrected chi connectivity index (χ1v) is 6.43. The standard InChI is InChI=1S/C16H13N3O2/c20-16(21)12-8-6-11(7-9-12)14-10-15(19-18-14)17-13-4-2-1-3-5-13/h1-10H,(H,20,21)(H2,17,18,19). The van der Waals surface area contributed by atoms with Gasteiger partial charge in [-0.05, 0) is 29.8 Å². The Kier molecular flexibility index (Phi) is 3.39. The molecule has 2 aromatic carbocycles. The van der Waals surface area contributed by atoms with Gasteiger partial charge in [0.2, 0.25) is 0 Å². The number of nitrogens with one attached hydrogen (secondary N) is 2. The smallest absolute Gasteiger partial charge is 0.335 e. The lowest BCUT2D eigenvalue weighted by molar-refractivity contribution is 0.0697. The molecule has 0 unspecified atom stereocenters. The average molecular weight is 279 g/mol. The molecule has 0 saturated carbocycles. The fraction of sp³-hybridized carbons (Fsp3) is 0. The van der Waals surface area contributed by atoms with Crippen LogP contribution in [0.15, 0.2) is 60.7 Å². The van der Waals surface area contributed by atoms with Crippen molar-refractivity contribution >= 4 is 17.5 Å². The molecule has 5 heteroatoms. The summed E-state index contributed by atoms with van der Waals surface area (Å²) in [5.74, 6) is -0.226. The van der Waals surface area contributed by atoms with Crippen LogP contribution in [0.3, 0.4) is 0 Å². The first-order chi connectivity index (χ1) is 10.2. The van der Waals surface area contributed by atoms with E-state index in [2.05, 4.69) is 15.5 Å². The monoisotopic (exact) mass is 279 g/mol. The Bertz CT molecular complexity index is 749. The maximum absolute atomic E-state index is 10.8. The molecule has 0 aliphatic heterocycles. The van der Waals surface area contributed by atoms with Gasteiger partial charge < -0.3 is 10.4 Å². The molecule has 3 rings (SSSR count). The summed E-state index contributed by atoms with van der Waals surface area (Å²) in [4.78, 5) is 10.8. The number of hydrogen-bond donors (Lipinski definition) is 3. The Balaban J connectivity index is 1.80. The van der Waals surface area contributed by atoms with E-state index in [1.165, 1.54) is 0 Å². The summed E-state index contributed by atoms with van der Waals surface area (Å²) >= 11 is 0. The Hall–Kier alpha value is -3.08. The molecule has 5 nitrogen and oxygen atoms in total. The van der Waals surface area contributed by atoms with Crippen molar-refractivity contribution in [1.82, 2.24) is 10.2 Å². The molecule has 0 bridgehead atoms. The van der Waals surface area contributed by atoms with Crippen molar-refractivity contribution in [2.75, 3.05) is 5.32 Å². The minimum atomic E-state index is -0.933. The van der Waals surface area contributed by atoms with E-state index in [0.29, 0.717) is 5.82 Å². The lowest BCUT2D eigenvalue weighted by atomic mass is 10.1. The van der Waals surface area contributed by atoms with E-state index >= 15 is 0 Å². The number of rotatable bonds is 4. The minimum absolute atomic E-state index is 0.265. The number of para-hydroxylation sites is 1. The van der Waals surface area contributed by atoms with Crippen LogP contribution in [0.2, 0.25) is 0 Å². The van der Waals surface area contributed by atoms with Crippen molar-refractivity contribution in [2.45, 2.75) is 0 Å². The summed E-state index contributed by atoms with van der Waals surface area (Å²) in [6, 6.07) is 18.3. The topological polar surface area (TPSA) is 78.0 Å². The summed E-state index contributed by atoms with van der Waals surface area (Å²) in [7, 11) is 0. The fourth-order valence-electron chi connectivity index (χ4n) is 2.00. The molecule has 21 heavy (non-hydrogen) atoms. The molecule has 0 spiro atoms. The zero-order valence-electron chi connectivity index (χ0n) is 11.1. The lowest BCUT2D eigenvalue weighted by Crippen LogP contribution is -1.94. The van der Waals surface area contributed by atoms with Gasteiger partial charge >= 0.3 is 5.97 Å². The van der Waals surface area contributed by atoms with Crippen LogP contribution in [-0.4, -0.2) is 21.3 Å². The second-order valence-corrected chi connectivity index (χ2v) is 4.54. The Morgan fingerprint density at radius 2 is 1.76 bits per heavy atom. The molecule has 0 atom stereocenters. The third-order valence-corrected chi connectivity index (χ3v) is 3.07. The highest BCUT2D eigenvalue weighted by atomic mass is 16.4. The number of nitrogens with zero attached hydrogens (tertiary/aromatic N) is 1. The van der Waals surface area contributed by atoms with Gasteiger partial charge in [0, 0.05) is 11.8 Å². The van der Waals surface area contributed by atoms with E-state index in [9.17, 15) is 4.79 Å². The van der Waals surface area contributed by atoms with Crippen molar-refractivity contribution < 1.29 is 9.90 Å². The molecule has 104 valence electrons. The number of benzene rings is 2. The normalized spacial score (nSPS) is 10.3. The van der Waals surface area contributed by atoms with Gasteiger partial charge in [-0.15, -0.1) is 0 Å². The minimum Gasteiger partial charge on any atom is -0.478 e. The van der Waals surface area contributed by atoms with E-state index in [1.54, 1.807) is 24.3 Å². The van der Waals surface area contributed by atoms with Crippen LogP contribution >= 0.6 is 0 Å². The maximum Gasteiger partial charge on any atom is 0.335 e. The van der Waals surface area contributed by atoms with Crippen LogP contribution in [-0.2, 0) is 0 Å². The lowest BCUT2D eigenvalue weighted by Gasteiger charge is -2.00. The van der Waals surface area contributed by atoms with E-state index in [0.717, 1.165) is 16.9 Å². The van der Waals surface area contributed by atoms with Gasteiger partial charge in [-0.2, -0.15) is 5.10 Å². The highest BCUT2D eigenvalue weighted by molar-refractivity contribution is 5.88. The number of aromatic amines is 1. The molecule has 0 aliphatic carbocycles. The molecule has 0 aliphatic rings. The zero-order valence-corrected chi connectivity index (χ0v) is 11.1. The predicted octanol–water partition coefficient (Wildman–Crippen LogP) is 3.52. The Morgan fingerprint density at radius 1 is 1.05 bits per heavy atom. The van der Waals surface area contributed by atoms with E-state index < -0.39 is 5.97 Å². The third kappa shape index (κ3) is 2.92. The highest BCUT2D eigenvalue weighted by Gasteiger charge is 2.06. The van der Waals surface area contributed by atoms with Crippen molar-refractivity contribution in [1.29, 1.82) is 0 Å². The quantitative estimate of drug-likeness (QED) is 0.682. The number of carbonyl (C=O) groups is 1. The Morgan fingerprint density at radius 3 is 2.43 bits per heavy atom. The first-order valence-electron chi connectivity index (χ1n) is 6.43. The molecule has 1 heterocycles. The van der Waals surface area contributed by atoms with E-state index in [4.69, 9.17) is 5.11 Å². The number of aromatic carboxylic acids is 1. The molecule has 3 aromatic rings. The largest absolute Gasteiger partial charge is 0.478 e. The average Bonchev–Trinajstić information content (AvgIpc) is 2.97. The zero-order chi connectivity index (χ0) is 14.7. The summed E-state index contributed by atoms with van der Waals surface area (Å²) in [6.45, 7) is 0. The molecule has 1 aromatic heterocycles. The van der Waals surface area contributed by atoms with E-state index in [1.807, 2.05) is 36.4 Å². The van der Waals surface area contributed by atoms with Gasteiger partial charge in [-0.25, -0.2) is 4.79 Å². The number of carboxylic acid groups (broad SMARTS) is 1. The first kappa shape index (κ1) is 12.9. The van der Waals surface area contributed by atoms with Crippen molar-refractivity contribution in [2.24, 2.45) is 0 Å².